The molecule has 6 nitrogen and oxygen atoms in total. The van der Waals surface area contributed by atoms with Crippen LogP contribution in [-0.2, 0) is 0 Å². The number of hydrogen-bond acceptors (Lipinski definition) is 5. The maximum atomic E-state index is 4.64. The molecule has 5 rings (SSSR count). The van der Waals surface area contributed by atoms with E-state index in [1.807, 2.05) is 42.5 Å². The zero-order valence-electron chi connectivity index (χ0n) is 15.6. The van der Waals surface area contributed by atoms with Crippen LogP contribution in [0.25, 0.3) is 33.2 Å². The number of nitrogens with zero attached hydrogens (tertiary/aromatic N) is 4. The van der Waals surface area contributed by atoms with Crippen LogP contribution in [0.1, 0.15) is 18.5 Å². The number of fused-ring (bicyclic) bond motifs is 3. The summed E-state index contributed by atoms with van der Waals surface area (Å²) in [7, 11) is 0. The lowest BCUT2D eigenvalue weighted by molar-refractivity contribution is 0.850. The maximum absolute atomic E-state index is 4.64. The summed E-state index contributed by atoms with van der Waals surface area (Å²) in [4.78, 5) is 12.1. The number of benzene rings is 2. The molecule has 0 bridgehead atoms. The van der Waals surface area contributed by atoms with Gasteiger partial charge in [-0.15, -0.1) is 10.2 Å². The molecule has 0 radical (unpaired) electrons. The topological polar surface area (TPSA) is 79.4 Å². The largest absolute Gasteiger partial charge is 0.346 e. The minimum Gasteiger partial charge on any atom is -0.346 e. The first-order valence-electron chi connectivity index (χ1n) is 9.26. The Morgan fingerprint density at radius 1 is 1.00 bits per heavy atom. The maximum Gasteiger partial charge on any atom is 0.245 e. The fraction of sp³-hybridized carbons (Fsp3) is 0.0909. The van der Waals surface area contributed by atoms with Crippen LogP contribution in [0.3, 0.4) is 0 Å². The van der Waals surface area contributed by atoms with Crippen molar-refractivity contribution in [1.82, 2.24) is 25.1 Å². The molecular formula is C22H17BrN6. The summed E-state index contributed by atoms with van der Waals surface area (Å²) in [5.74, 6) is 0.486. The van der Waals surface area contributed by atoms with Crippen molar-refractivity contribution in [3.8, 4) is 11.1 Å². The molecule has 7 heteroatoms. The van der Waals surface area contributed by atoms with Crippen molar-refractivity contribution in [3.63, 3.8) is 0 Å². The molecule has 3 aromatic heterocycles. The summed E-state index contributed by atoms with van der Waals surface area (Å²) in [5, 5.41) is 13.1. The third-order valence-corrected chi connectivity index (χ3v) is 5.43. The number of pyridine rings is 1. The van der Waals surface area contributed by atoms with E-state index >= 15 is 0 Å². The van der Waals surface area contributed by atoms with Gasteiger partial charge in [0.2, 0.25) is 5.95 Å². The van der Waals surface area contributed by atoms with Crippen molar-refractivity contribution in [2.75, 3.05) is 5.32 Å². The summed E-state index contributed by atoms with van der Waals surface area (Å²) in [6, 6.07) is 18.3. The number of nitrogens with one attached hydrogen (secondary N) is 2. The smallest absolute Gasteiger partial charge is 0.245 e. The molecule has 5 aromatic rings. The number of rotatable bonds is 4. The Kier molecular flexibility index (Phi) is 4.44. The molecule has 1 atom stereocenters. The second-order valence-electron chi connectivity index (χ2n) is 6.84. The summed E-state index contributed by atoms with van der Waals surface area (Å²) >= 11 is 3.50. The zero-order valence-corrected chi connectivity index (χ0v) is 17.2. The molecule has 0 spiro atoms. The normalized spacial score (nSPS) is 12.3. The molecule has 0 aliphatic carbocycles. The molecule has 0 fully saturated rings. The highest BCUT2D eigenvalue weighted by molar-refractivity contribution is 9.10. The molecule has 29 heavy (non-hydrogen) atoms. The third-order valence-electron chi connectivity index (χ3n) is 4.94. The first-order chi connectivity index (χ1) is 14.2. The SMILES string of the molecule is CC(Nc1nnc2c(n1)[nH]c1ccc(Br)cc12)c1ccccc1-c1ccncc1. The van der Waals surface area contributed by atoms with E-state index in [0.717, 1.165) is 37.6 Å². The average molecular weight is 445 g/mol. The van der Waals surface area contributed by atoms with E-state index < -0.39 is 0 Å². The van der Waals surface area contributed by atoms with E-state index in [1.165, 1.54) is 0 Å². The number of H-pyrrole nitrogens is 1. The van der Waals surface area contributed by atoms with Gasteiger partial charge in [-0.1, -0.05) is 40.2 Å². The molecule has 2 aromatic carbocycles. The number of aromatic nitrogens is 5. The molecule has 142 valence electrons. The van der Waals surface area contributed by atoms with Crippen molar-refractivity contribution in [1.29, 1.82) is 0 Å². The fourth-order valence-electron chi connectivity index (χ4n) is 3.54. The predicted octanol–water partition coefficient (Wildman–Crippen LogP) is 5.50. The standard InChI is InChI=1S/C22H17BrN6/c1-13(16-4-2-3-5-17(16)14-8-10-24-11-9-14)25-22-27-21-20(28-29-22)18-12-15(23)6-7-19(18)26-21/h2-13H,1H3,(H2,25,26,27,29). The lowest BCUT2D eigenvalue weighted by atomic mass is 9.96. The van der Waals surface area contributed by atoms with Gasteiger partial charge in [0.15, 0.2) is 5.65 Å². The summed E-state index contributed by atoms with van der Waals surface area (Å²) < 4.78 is 0.997. The highest BCUT2D eigenvalue weighted by Crippen LogP contribution is 2.30. The Balaban J connectivity index is 1.49. The van der Waals surface area contributed by atoms with Gasteiger partial charge in [-0.25, -0.2) is 0 Å². The van der Waals surface area contributed by atoms with Crippen molar-refractivity contribution in [3.05, 3.63) is 77.0 Å². The van der Waals surface area contributed by atoms with E-state index in [0.29, 0.717) is 11.6 Å². The number of aromatic amines is 1. The second-order valence-corrected chi connectivity index (χ2v) is 7.75. The molecule has 0 amide bonds. The minimum absolute atomic E-state index is 0.00265. The Bertz CT molecular complexity index is 1320. The van der Waals surface area contributed by atoms with Crippen molar-refractivity contribution in [2.45, 2.75) is 13.0 Å². The third kappa shape index (κ3) is 3.34. The Morgan fingerprint density at radius 3 is 2.69 bits per heavy atom. The highest BCUT2D eigenvalue weighted by atomic mass is 79.9. The van der Waals surface area contributed by atoms with Crippen LogP contribution in [0.15, 0.2) is 71.5 Å². The summed E-state index contributed by atoms with van der Waals surface area (Å²) in [5.41, 5.74) is 5.89. The predicted molar refractivity (Wildman–Crippen MR) is 119 cm³/mol. The van der Waals surface area contributed by atoms with Crippen LogP contribution in [0, 0.1) is 0 Å². The highest BCUT2D eigenvalue weighted by Gasteiger charge is 2.15. The van der Waals surface area contributed by atoms with Crippen molar-refractivity contribution in [2.24, 2.45) is 0 Å². The molecule has 0 saturated carbocycles. The van der Waals surface area contributed by atoms with Gasteiger partial charge in [-0.2, -0.15) is 4.98 Å². The number of halogens is 1. The van der Waals surface area contributed by atoms with E-state index in [-0.39, 0.29) is 6.04 Å². The number of anilines is 1. The van der Waals surface area contributed by atoms with Crippen LogP contribution < -0.4 is 5.32 Å². The van der Waals surface area contributed by atoms with Gasteiger partial charge < -0.3 is 10.3 Å². The fourth-order valence-corrected chi connectivity index (χ4v) is 3.91. The van der Waals surface area contributed by atoms with Gasteiger partial charge >= 0.3 is 0 Å². The van der Waals surface area contributed by atoms with E-state index in [1.54, 1.807) is 12.4 Å². The van der Waals surface area contributed by atoms with E-state index in [2.05, 4.69) is 65.5 Å². The van der Waals surface area contributed by atoms with Gasteiger partial charge in [-0.05, 0) is 53.9 Å². The lowest BCUT2D eigenvalue weighted by Gasteiger charge is -2.18. The van der Waals surface area contributed by atoms with Crippen LogP contribution in [-0.4, -0.2) is 25.1 Å². The van der Waals surface area contributed by atoms with Crippen LogP contribution in [0.5, 0.6) is 0 Å². The molecule has 2 N–H and O–H groups in total. The summed E-state index contributed by atoms with van der Waals surface area (Å²) in [6.07, 6.45) is 3.61. The van der Waals surface area contributed by atoms with Gasteiger partial charge in [0.05, 0.1) is 6.04 Å². The van der Waals surface area contributed by atoms with Crippen molar-refractivity contribution < 1.29 is 0 Å². The molecule has 0 aliphatic rings. The van der Waals surface area contributed by atoms with E-state index in [4.69, 9.17) is 0 Å². The lowest BCUT2D eigenvalue weighted by Crippen LogP contribution is -2.11. The van der Waals surface area contributed by atoms with Gasteiger partial charge in [0.1, 0.15) is 5.52 Å². The van der Waals surface area contributed by atoms with Crippen LogP contribution in [0.2, 0.25) is 0 Å². The monoisotopic (exact) mass is 444 g/mol. The van der Waals surface area contributed by atoms with Gasteiger partial charge in [0, 0.05) is 27.8 Å². The molecule has 3 heterocycles. The second kappa shape index (κ2) is 7.25. The molecule has 0 saturated heterocycles. The minimum atomic E-state index is -0.00265. The Labute approximate surface area is 175 Å². The first kappa shape index (κ1) is 17.8. The van der Waals surface area contributed by atoms with Gasteiger partial charge in [-0.3, -0.25) is 4.98 Å². The quantitative estimate of drug-likeness (QED) is 0.382. The summed E-state index contributed by atoms with van der Waals surface area (Å²) in [6.45, 7) is 2.09. The van der Waals surface area contributed by atoms with E-state index in [9.17, 15) is 0 Å². The zero-order chi connectivity index (χ0) is 19.8. The Hall–Kier alpha value is -3.32. The van der Waals surface area contributed by atoms with Crippen LogP contribution >= 0.6 is 15.9 Å². The number of hydrogen-bond donors (Lipinski definition) is 2. The molecule has 0 aliphatic heterocycles. The van der Waals surface area contributed by atoms with Gasteiger partial charge in [0.25, 0.3) is 0 Å². The Morgan fingerprint density at radius 2 is 1.83 bits per heavy atom. The average Bonchev–Trinajstić information content (AvgIpc) is 3.11. The van der Waals surface area contributed by atoms with Crippen molar-refractivity contribution >= 4 is 43.9 Å². The van der Waals surface area contributed by atoms with Crippen LogP contribution in [0.4, 0.5) is 5.95 Å². The first-order valence-corrected chi connectivity index (χ1v) is 10.1. The molecule has 1 unspecified atom stereocenters. The molecular weight excluding hydrogens is 428 g/mol.